The molecule has 0 aliphatic rings. The van der Waals surface area contributed by atoms with Gasteiger partial charge in [0.1, 0.15) is 0 Å². The van der Waals surface area contributed by atoms with Gasteiger partial charge in [-0.1, -0.05) is 34.1 Å². The minimum absolute atomic E-state index is 0.0680. The Morgan fingerprint density at radius 3 is 2.08 bits per heavy atom. The van der Waals surface area contributed by atoms with Gasteiger partial charge in [0.05, 0.1) is 0 Å². The zero-order valence-corrected chi connectivity index (χ0v) is 16.3. The van der Waals surface area contributed by atoms with Crippen LogP contribution in [0.5, 0.6) is 0 Å². The van der Waals surface area contributed by atoms with E-state index in [1.807, 2.05) is 0 Å². The van der Waals surface area contributed by atoms with Crippen molar-refractivity contribution >= 4 is 49.3 Å². The summed E-state index contributed by atoms with van der Waals surface area (Å²) in [6.07, 6.45) is -6.41. The molecule has 1 radical (unpaired) electrons. The second kappa shape index (κ2) is 7.23. The molecule has 0 spiro atoms. The Balaban J connectivity index is 2.63. The number of para-hydroxylation sites is 1. The monoisotopic (exact) mass is 524 g/mol. The maximum absolute atomic E-state index is 13.9. The van der Waals surface area contributed by atoms with Crippen molar-refractivity contribution in [3.05, 3.63) is 45.3 Å². The predicted molar refractivity (Wildman–Crippen MR) is 92.3 cm³/mol. The maximum Gasteiger partial charge on any atom is 0.460 e. The molecule has 11 heteroatoms. The van der Waals surface area contributed by atoms with Crippen LogP contribution in [0.15, 0.2) is 44.2 Å². The third-order valence-electron chi connectivity index (χ3n) is 3.14. The Kier molecular flexibility index (Phi) is 5.94. The van der Waals surface area contributed by atoms with E-state index >= 15 is 0 Å². The van der Waals surface area contributed by atoms with Crippen LogP contribution >= 0.6 is 43.6 Å². The van der Waals surface area contributed by atoms with Crippen molar-refractivity contribution in [3.63, 3.8) is 0 Å². The molecule has 1 nitrogen and oxygen atoms in total. The summed E-state index contributed by atoms with van der Waals surface area (Å²) in [6.45, 7) is 0. The number of hydrogen-bond donors (Lipinski definition) is 1. The molecule has 0 saturated carbocycles. The number of nitrogen functional groups attached to an aromatic ring is 1. The predicted octanol–water partition coefficient (Wildman–Crippen LogP) is 7.14. The third kappa shape index (κ3) is 3.99. The molecule has 26 heavy (non-hydrogen) atoms. The topological polar surface area (TPSA) is 26.0 Å². The number of rotatable bonds is 4. The van der Waals surface area contributed by atoms with Gasteiger partial charge in [-0.2, -0.15) is 30.7 Å². The van der Waals surface area contributed by atoms with Crippen LogP contribution in [0.2, 0.25) is 0 Å². The van der Waals surface area contributed by atoms with Crippen molar-refractivity contribution < 1.29 is 30.7 Å². The molecule has 0 saturated heterocycles. The molecule has 2 aromatic rings. The number of halogens is 9. The van der Waals surface area contributed by atoms with Crippen molar-refractivity contribution in [3.8, 4) is 11.1 Å². The second-order valence-electron chi connectivity index (χ2n) is 4.95. The van der Waals surface area contributed by atoms with Crippen LogP contribution < -0.4 is 5.73 Å². The summed E-state index contributed by atoms with van der Waals surface area (Å²) in [5, 5.41) is -5.45. The molecule has 2 N–H and O–H groups in total. The van der Waals surface area contributed by atoms with Gasteiger partial charge in [-0.15, -0.1) is 0 Å². The average Bonchev–Trinajstić information content (AvgIpc) is 2.46. The summed E-state index contributed by atoms with van der Waals surface area (Å²) in [5.41, 5.74) is 6.00. The van der Waals surface area contributed by atoms with Gasteiger partial charge >= 0.3 is 17.4 Å². The molecular formula is C15H7Br2F7NS. The number of anilines is 1. The van der Waals surface area contributed by atoms with Gasteiger partial charge in [0.15, 0.2) is 0 Å². The standard InChI is InChI=1S/C15H7Br2F7NS/c16-7-5-9(17)12(8-3-1-2-4-10(8)25)11(6-7)26-15(23,24)13(18,19)14(20,21)22/h1-4,6H,25H2. The zero-order chi connectivity index (χ0) is 19.9. The van der Waals surface area contributed by atoms with E-state index in [0.29, 0.717) is 0 Å². The Morgan fingerprint density at radius 1 is 0.962 bits per heavy atom. The fourth-order valence-electron chi connectivity index (χ4n) is 1.92. The first-order valence-corrected chi connectivity index (χ1v) is 8.95. The summed E-state index contributed by atoms with van der Waals surface area (Å²) < 4.78 is 91.6. The van der Waals surface area contributed by atoms with E-state index < -0.39 is 34.0 Å². The van der Waals surface area contributed by atoms with Crippen LogP contribution in [-0.4, -0.2) is 17.4 Å². The lowest BCUT2D eigenvalue weighted by Crippen LogP contribution is -2.49. The molecule has 0 heterocycles. The highest BCUT2D eigenvalue weighted by Crippen LogP contribution is 2.56. The minimum Gasteiger partial charge on any atom is -0.398 e. The van der Waals surface area contributed by atoms with E-state index in [2.05, 4.69) is 37.9 Å². The summed E-state index contributed by atoms with van der Waals surface area (Å²) in [7, 11) is 0. The van der Waals surface area contributed by atoms with Crippen molar-refractivity contribution in [2.45, 2.75) is 22.2 Å². The van der Waals surface area contributed by atoms with Gasteiger partial charge in [0, 0.05) is 36.7 Å². The highest BCUT2D eigenvalue weighted by atomic mass is 79.9. The summed E-state index contributed by atoms with van der Waals surface area (Å²) in [6, 6.07) is 9.55. The minimum atomic E-state index is -6.41. The number of hydrogen-bond acceptors (Lipinski definition) is 2. The van der Waals surface area contributed by atoms with Crippen molar-refractivity contribution in [2.75, 3.05) is 5.73 Å². The molecule has 0 aliphatic heterocycles. The molecule has 2 rings (SSSR count). The molecule has 141 valence electrons. The second-order valence-corrected chi connectivity index (χ2v) is 7.75. The van der Waals surface area contributed by atoms with Crippen molar-refractivity contribution in [1.29, 1.82) is 0 Å². The number of benzene rings is 2. The number of nitrogens with two attached hydrogens (primary N) is 1. The molecular weight excluding hydrogens is 519 g/mol. The summed E-state index contributed by atoms with van der Waals surface area (Å²) in [5.74, 6) is -6.23. The van der Waals surface area contributed by atoms with Gasteiger partial charge in [-0.3, -0.25) is 0 Å². The van der Waals surface area contributed by atoms with Crippen LogP contribution in [0.3, 0.4) is 0 Å². The number of thioether (sulfide) groups is 1. The molecule has 0 unspecified atom stereocenters. The lowest BCUT2D eigenvalue weighted by Gasteiger charge is -2.28. The zero-order valence-electron chi connectivity index (χ0n) is 12.3. The SMILES string of the molecule is Nc1ccccc1-c1c(Br)[c]c(Br)cc1SC(F)(F)C(F)(F)C(F)(F)F. The fraction of sp³-hybridized carbons (Fsp3) is 0.200. The first kappa shape index (κ1) is 21.4. The quantitative estimate of drug-likeness (QED) is 0.261. The van der Waals surface area contributed by atoms with Gasteiger partial charge in [0.25, 0.3) is 0 Å². The van der Waals surface area contributed by atoms with E-state index in [4.69, 9.17) is 5.73 Å². The Hall–Kier alpha value is -0.940. The highest BCUT2D eigenvalue weighted by molar-refractivity contribution is 9.11. The van der Waals surface area contributed by atoms with Crippen molar-refractivity contribution in [1.82, 2.24) is 0 Å². The molecule has 0 bridgehead atoms. The molecule has 2 aromatic carbocycles. The summed E-state index contributed by atoms with van der Waals surface area (Å²) in [4.78, 5) is -0.533. The fourth-order valence-corrected chi connectivity index (χ4v) is 4.55. The van der Waals surface area contributed by atoms with E-state index in [-0.39, 0.29) is 25.8 Å². The van der Waals surface area contributed by atoms with Crippen LogP contribution in [0.25, 0.3) is 11.1 Å². The van der Waals surface area contributed by atoms with Crippen molar-refractivity contribution in [2.24, 2.45) is 0 Å². The Bertz CT molecular complexity index is 824. The third-order valence-corrected chi connectivity index (χ3v) is 5.22. The normalized spacial score (nSPS) is 13.1. The van der Waals surface area contributed by atoms with E-state index in [9.17, 15) is 30.7 Å². The highest BCUT2D eigenvalue weighted by Gasteiger charge is 2.73. The van der Waals surface area contributed by atoms with Gasteiger partial charge in [-0.05, 0) is 39.8 Å². The largest absolute Gasteiger partial charge is 0.460 e. The first-order valence-electron chi connectivity index (χ1n) is 6.55. The Labute approximate surface area is 164 Å². The molecule has 0 fully saturated rings. The molecule has 0 amide bonds. The number of alkyl halides is 7. The van der Waals surface area contributed by atoms with E-state index in [1.165, 1.54) is 18.2 Å². The van der Waals surface area contributed by atoms with Gasteiger partial charge in [0.2, 0.25) is 0 Å². The van der Waals surface area contributed by atoms with Crippen LogP contribution in [0.1, 0.15) is 0 Å². The lowest BCUT2D eigenvalue weighted by atomic mass is 10.0. The average molecular weight is 526 g/mol. The van der Waals surface area contributed by atoms with Crippen LogP contribution in [0.4, 0.5) is 36.4 Å². The molecule has 0 aromatic heterocycles. The first-order chi connectivity index (χ1) is 11.8. The van der Waals surface area contributed by atoms with E-state index in [1.54, 1.807) is 6.07 Å². The smallest absolute Gasteiger partial charge is 0.398 e. The van der Waals surface area contributed by atoms with Gasteiger partial charge < -0.3 is 5.73 Å². The van der Waals surface area contributed by atoms with E-state index in [0.717, 1.165) is 6.07 Å². The molecule has 0 atom stereocenters. The summed E-state index contributed by atoms with van der Waals surface area (Å²) >= 11 is 5.11. The van der Waals surface area contributed by atoms with Crippen LogP contribution in [-0.2, 0) is 0 Å². The Morgan fingerprint density at radius 2 is 1.54 bits per heavy atom. The van der Waals surface area contributed by atoms with Crippen LogP contribution in [0, 0.1) is 6.07 Å². The lowest BCUT2D eigenvalue weighted by molar-refractivity contribution is -0.330. The molecule has 0 aliphatic carbocycles. The van der Waals surface area contributed by atoms with Gasteiger partial charge in [-0.25, -0.2) is 0 Å². The maximum atomic E-state index is 13.9.